The molecule has 4 heteroatoms. The van der Waals surface area contributed by atoms with Gasteiger partial charge in [-0.25, -0.2) is 0 Å². The molecule has 4 rings (SSSR count). The van der Waals surface area contributed by atoms with Crippen LogP contribution in [0.2, 0.25) is 0 Å². The Morgan fingerprint density at radius 2 is 1.61 bits per heavy atom. The smallest absolute Gasteiger partial charge is 0.119 e. The van der Waals surface area contributed by atoms with Gasteiger partial charge in [-0.2, -0.15) is 0 Å². The molecule has 2 unspecified atom stereocenters. The average molecular weight is 423 g/mol. The molecule has 0 N–H and O–H groups in total. The molecule has 2 fully saturated rings. The first-order valence-electron chi connectivity index (χ1n) is 11.9. The van der Waals surface area contributed by atoms with Crippen molar-refractivity contribution in [3.63, 3.8) is 0 Å². The van der Waals surface area contributed by atoms with Gasteiger partial charge in [0, 0.05) is 38.1 Å². The molecule has 0 spiro atoms. The molecule has 2 aromatic carbocycles. The molecule has 0 amide bonds. The topological polar surface area (TPSA) is 24.9 Å². The normalized spacial score (nSPS) is 22.7. The summed E-state index contributed by atoms with van der Waals surface area (Å²) < 4.78 is 11.0. The van der Waals surface area contributed by atoms with E-state index in [4.69, 9.17) is 9.47 Å². The first kappa shape index (κ1) is 22.2. The van der Waals surface area contributed by atoms with Gasteiger partial charge in [0.25, 0.3) is 0 Å². The lowest BCUT2D eigenvalue weighted by Gasteiger charge is -2.34. The van der Waals surface area contributed by atoms with Gasteiger partial charge in [-0.1, -0.05) is 43.5 Å². The molecule has 2 aliphatic rings. The molecular formula is C27H38N2O2. The van der Waals surface area contributed by atoms with Crippen LogP contribution in [0.3, 0.4) is 0 Å². The molecule has 0 radical (unpaired) electrons. The molecule has 0 bridgehead atoms. The highest BCUT2D eigenvalue weighted by atomic mass is 16.5. The zero-order valence-electron chi connectivity index (χ0n) is 19.4. The molecule has 1 aliphatic heterocycles. The van der Waals surface area contributed by atoms with Crippen LogP contribution < -0.4 is 9.47 Å². The van der Waals surface area contributed by atoms with Gasteiger partial charge in [0.2, 0.25) is 0 Å². The number of ether oxygens (including phenoxy) is 2. The Kier molecular flexibility index (Phi) is 7.52. The minimum atomic E-state index is 0.534. The fourth-order valence-electron chi connectivity index (χ4n) is 5.59. The molecule has 1 saturated carbocycles. The third-order valence-electron chi connectivity index (χ3n) is 7.30. The van der Waals surface area contributed by atoms with Crippen LogP contribution in [0.4, 0.5) is 0 Å². The van der Waals surface area contributed by atoms with Crippen LogP contribution in [0.25, 0.3) is 0 Å². The lowest BCUT2D eigenvalue weighted by Crippen LogP contribution is -2.38. The van der Waals surface area contributed by atoms with Crippen LogP contribution in [0.5, 0.6) is 11.5 Å². The number of methoxy groups -OCH3 is 2. The second-order valence-electron chi connectivity index (χ2n) is 9.42. The van der Waals surface area contributed by atoms with Gasteiger partial charge in [-0.3, -0.25) is 4.90 Å². The van der Waals surface area contributed by atoms with Crippen molar-refractivity contribution in [2.75, 3.05) is 40.9 Å². The second kappa shape index (κ2) is 10.5. The van der Waals surface area contributed by atoms with E-state index in [-0.39, 0.29) is 0 Å². The highest BCUT2D eigenvalue weighted by Crippen LogP contribution is 2.36. The molecule has 1 aliphatic carbocycles. The molecule has 1 heterocycles. The number of nitrogens with zero attached hydrogens (tertiary/aromatic N) is 2. The molecule has 2 atom stereocenters. The van der Waals surface area contributed by atoms with Gasteiger partial charge in [-0.05, 0) is 61.2 Å². The first-order valence-corrected chi connectivity index (χ1v) is 11.9. The Bertz CT molecular complexity index is 833. The van der Waals surface area contributed by atoms with E-state index < -0.39 is 0 Å². The summed E-state index contributed by atoms with van der Waals surface area (Å²) in [5.41, 5.74) is 2.74. The average Bonchev–Trinajstić information content (AvgIpc) is 3.21. The van der Waals surface area contributed by atoms with Crippen LogP contribution in [0, 0.1) is 5.92 Å². The Morgan fingerprint density at radius 3 is 2.35 bits per heavy atom. The van der Waals surface area contributed by atoms with Crippen molar-refractivity contribution in [3.05, 3.63) is 59.7 Å². The molecule has 168 valence electrons. The lowest BCUT2D eigenvalue weighted by molar-refractivity contribution is 0.162. The van der Waals surface area contributed by atoms with Crippen LogP contribution in [0.15, 0.2) is 48.5 Å². The van der Waals surface area contributed by atoms with Crippen molar-refractivity contribution >= 4 is 0 Å². The summed E-state index contributed by atoms with van der Waals surface area (Å²) in [5, 5.41) is 0. The monoisotopic (exact) mass is 422 g/mol. The van der Waals surface area contributed by atoms with Crippen molar-refractivity contribution in [3.8, 4) is 11.5 Å². The summed E-state index contributed by atoms with van der Waals surface area (Å²) in [6, 6.07) is 18.0. The number of rotatable bonds is 8. The van der Waals surface area contributed by atoms with Crippen LogP contribution >= 0.6 is 0 Å². The van der Waals surface area contributed by atoms with Gasteiger partial charge in [-0.15, -0.1) is 0 Å². The Labute approximate surface area is 188 Å². The molecular weight excluding hydrogens is 384 g/mol. The SMILES string of the molecule is COc1cccc(CN2CC(CN(C)C3CCCCC3)C(c3cccc(OC)c3)C2)c1. The number of hydrogen-bond donors (Lipinski definition) is 0. The predicted molar refractivity (Wildman–Crippen MR) is 127 cm³/mol. The minimum absolute atomic E-state index is 0.534. The molecule has 1 saturated heterocycles. The van der Waals surface area contributed by atoms with E-state index in [1.54, 1.807) is 14.2 Å². The fraction of sp³-hybridized carbons (Fsp3) is 0.556. The fourth-order valence-corrected chi connectivity index (χ4v) is 5.59. The van der Waals surface area contributed by atoms with E-state index >= 15 is 0 Å². The van der Waals surface area contributed by atoms with Gasteiger partial charge in [0.05, 0.1) is 14.2 Å². The van der Waals surface area contributed by atoms with Gasteiger partial charge >= 0.3 is 0 Å². The van der Waals surface area contributed by atoms with E-state index in [1.165, 1.54) is 49.8 Å². The van der Waals surface area contributed by atoms with Gasteiger partial charge < -0.3 is 14.4 Å². The van der Waals surface area contributed by atoms with Crippen molar-refractivity contribution < 1.29 is 9.47 Å². The van der Waals surface area contributed by atoms with Crippen molar-refractivity contribution in [1.29, 1.82) is 0 Å². The summed E-state index contributed by atoms with van der Waals surface area (Å²) in [5.74, 6) is 3.06. The standard InChI is InChI=1S/C27H38N2O2/c1-28(24-11-5-4-6-12-24)18-23-19-29(17-21-9-7-13-25(15-21)30-2)20-27(23)22-10-8-14-26(16-22)31-3/h7-10,13-16,23-24,27H,4-6,11-12,17-20H2,1-3H3. The third-order valence-corrected chi connectivity index (χ3v) is 7.30. The number of hydrogen-bond acceptors (Lipinski definition) is 4. The Balaban J connectivity index is 1.50. The second-order valence-corrected chi connectivity index (χ2v) is 9.42. The van der Waals surface area contributed by atoms with Crippen LogP contribution in [0.1, 0.15) is 49.1 Å². The van der Waals surface area contributed by atoms with Gasteiger partial charge in [0.1, 0.15) is 11.5 Å². The summed E-state index contributed by atoms with van der Waals surface area (Å²) in [6.07, 6.45) is 6.91. The van der Waals surface area contributed by atoms with E-state index in [9.17, 15) is 0 Å². The summed E-state index contributed by atoms with van der Waals surface area (Å²) >= 11 is 0. The Morgan fingerprint density at radius 1 is 0.903 bits per heavy atom. The minimum Gasteiger partial charge on any atom is -0.497 e. The maximum atomic E-state index is 5.54. The van der Waals surface area contributed by atoms with E-state index in [0.29, 0.717) is 11.8 Å². The Hall–Kier alpha value is -2.04. The number of likely N-dealkylation sites (tertiary alicyclic amines) is 1. The quantitative estimate of drug-likeness (QED) is 0.585. The zero-order chi connectivity index (χ0) is 21.6. The van der Waals surface area contributed by atoms with E-state index in [1.807, 2.05) is 6.07 Å². The van der Waals surface area contributed by atoms with E-state index in [0.717, 1.165) is 37.2 Å². The van der Waals surface area contributed by atoms with Crippen LogP contribution in [-0.2, 0) is 6.54 Å². The van der Waals surface area contributed by atoms with Crippen molar-refractivity contribution in [2.24, 2.45) is 5.92 Å². The van der Waals surface area contributed by atoms with E-state index in [2.05, 4.69) is 59.3 Å². The predicted octanol–water partition coefficient (Wildman–Crippen LogP) is 5.18. The first-order chi connectivity index (χ1) is 15.2. The maximum Gasteiger partial charge on any atom is 0.119 e. The van der Waals surface area contributed by atoms with Crippen LogP contribution in [-0.4, -0.2) is 56.7 Å². The summed E-state index contributed by atoms with van der Waals surface area (Å²) in [4.78, 5) is 5.28. The molecule has 2 aromatic rings. The number of benzene rings is 2. The summed E-state index contributed by atoms with van der Waals surface area (Å²) in [7, 11) is 5.85. The van der Waals surface area contributed by atoms with Crippen molar-refractivity contribution in [2.45, 2.75) is 50.6 Å². The maximum absolute atomic E-state index is 5.54. The largest absolute Gasteiger partial charge is 0.497 e. The zero-order valence-corrected chi connectivity index (χ0v) is 19.4. The van der Waals surface area contributed by atoms with Crippen molar-refractivity contribution in [1.82, 2.24) is 9.80 Å². The molecule has 0 aromatic heterocycles. The highest BCUT2D eigenvalue weighted by molar-refractivity contribution is 5.33. The summed E-state index contributed by atoms with van der Waals surface area (Å²) in [6.45, 7) is 4.37. The highest BCUT2D eigenvalue weighted by Gasteiger charge is 2.35. The third kappa shape index (κ3) is 5.61. The lowest BCUT2D eigenvalue weighted by atomic mass is 9.87. The van der Waals surface area contributed by atoms with Gasteiger partial charge in [0.15, 0.2) is 0 Å². The molecule has 4 nitrogen and oxygen atoms in total. The molecule has 31 heavy (non-hydrogen) atoms.